The minimum absolute atomic E-state index is 0.0780. The molecule has 1 amide bonds. The molecule has 0 aliphatic heterocycles. The van der Waals surface area contributed by atoms with Gasteiger partial charge in [0.05, 0.1) is 16.8 Å². The monoisotopic (exact) mass is 430 g/mol. The average Bonchev–Trinajstić information content (AvgIpc) is 2.73. The van der Waals surface area contributed by atoms with Gasteiger partial charge in [-0.05, 0) is 36.2 Å². The van der Waals surface area contributed by atoms with E-state index in [4.69, 9.17) is 4.98 Å². The molecule has 4 heteroatoms. The normalized spacial score (nSPS) is 10.8. The number of aromatic nitrogens is 1. The van der Waals surface area contributed by atoms with Crippen LogP contribution in [0.5, 0.6) is 0 Å². The van der Waals surface area contributed by atoms with Gasteiger partial charge in [0.15, 0.2) is 0 Å². The van der Waals surface area contributed by atoms with Crippen LogP contribution in [0.25, 0.3) is 22.2 Å². The quantitative estimate of drug-likeness (QED) is 0.445. The molecule has 0 saturated heterocycles. The van der Waals surface area contributed by atoms with Crippen molar-refractivity contribution in [2.24, 2.45) is 0 Å². The minimum Gasteiger partial charge on any atom is -0.352 e. The average molecular weight is 431 g/mol. The molecule has 4 aromatic rings. The Hall–Kier alpha value is -2.98. The maximum Gasteiger partial charge on any atom is 0.252 e. The van der Waals surface area contributed by atoms with Crippen molar-refractivity contribution in [2.75, 3.05) is 6.54 Å². The molecule has 0 aliphatic carbocycles. The molecule has 1 N–H and O–H groups in total. The van der Waals surface area contributed by atoms with Crippen LogP contribution in [0.1, 0.15) is 15.9 Å². The highest BCUT2D eigenvalue weighted by Crippen LogP contribution is 2.26. The Morgan fingerprint density at radius 3 is 2.50 bits per heavy atom. The standard InChI is InChI=1S/C24H19BrN2O/c25-19-10-6-9-18(15-19)23-16-21(20-11-4-5-12-22(20)27-23)24(28)26-14-13-17-7-2-1-3-8-17/h1-12,15-16H,13-14H2,(H,26,28). The first-order chi connectivity index (χ1) is 13.7. The molecule has 1 aromatic heterocycles. The molecule has 0 unspecified atom stereocenters. The fourth-order valence-electron chi connectivity index (χ4n) is 3.22. The lowest BCUT2D eigenvalue weighted by Gasteiger charge is -2.11. The Bertz CT molecular complexity index is 1130. The van der Waals surface area contributed by atoms with Gasteiger partial charge >= 0.3 is 0 Å². The van der Waals surface area contributed by atoms with Crippen LogP contribution in [0.2, 0.25) is 0 Å². The van der Waals surface area contributed by atoms with Crippen LogP contribution in [0, 0.1) is 0 Å². The summed E-state index contributed by atoms with van der Waals surface area (Å²) in [6.07, 6.45) is 0.800. The Morgan fingerprint density at radius 1 is 0.893 bits per heavy atom. The number of nitrogens with zero attached hydrogens (tertiary/aromatic N) is 1. The van der Waals surface area contributed by atoms with Crippen LogP contribution < -0.4 is 5.32 Å². The Balaban J connectivity index is 1.64. The molecule has 1 heterocycles. The second-order valence-electron chi connectivity index (χ2n) is 6.57. The van der Waals surface area contributed by atoms with E-state index in [2.05, 4.69) is 33.4 Å². The Morgan fingerprint density at radius 2 is 1.68 bits per heavy atom. The smallest absolute Gasteiger partial charge is 0.252 e. The molecule has 0 spiro atoms. The number of benzene rings is 3. The summed E-state index contributed by atoms with van der Waals surface area (Å²) >= 11 is 3.51. The van der Waals surface area contributed by atoms with Crippen molar-refractivity contribution >= 4 is 32.7 Å². The van der Waals surface area contributed by atoms with Crippen molar-refractivity contribution in [3.8, 4) is 11.3 Å². The zero-order valence-corrected chi connectivity index (χ0v) is 16.8. The summed E-state index contributed by atoms with van der Waals surface area (Å²) in [6.45, 7) is 0.589. The van der Waals surface area contributed by atoms with E-state index < -0.39 is 0 Å². The first kappa shape index (κ1) is 18.4. The maximum absolute atomic E-state index is 13.0. The first-order valence-electron chi connectivity index (χ1n) is 9.18. The molecule has 0 aliphatic rings. The van der Waals surface area contributed by atoms with Gasteiger partial charge in [0, 0.05) is 22.0 Å². The minimum atomic E-state index is -0.0780. The SMILES string of the molecule is O=C(NCCc1ccccc1)c1cc(-c2cccc(Br)c2)nc2ccccc12. The van der Waals surface area contributed by atoms with E-state index in [1.54, 1.807) is 0 Å². The van der Waals surface area contributed by atoms with Crippen molar-refractivity contribution in [2.45, 2.75) is 6.42 Å². The zero-order valence-electron chi connectivity index (χ0n) is 15.2. The Kier molecular flexibility index (Phi) is 5.49. The molecule has 4 rings (SSSR count). The van der Waals surface area contributed by atoms with E-state index in [-0.39, 0.29) is 5.91 Å². The summed E-state index contributed by atoms with van der Waals surface area (Å²) < 4.78 is 0.980. The lowest BCUT2D eigenvalue weighted by atomic mass is 10.0. The van der Waals surface area contributed by atoms with Crippen LogP contribution >= 0.6 is 15.9 Å². The van der Waals surface area contributed by atoms with Crippen molar-refractivity contribution < 1.29 is 4.79 Å². The molecule has 0 radical (unpaired) electrons. The number of fused-ring (bicyclic) bond motifs is 1. The topological polar surface area (TPSA) is 42.0 Å². The number of pyridine rings is 1. The predicted molar refractivity (Wildman–Crippen MR) is 117 cm³/mol. The zero-order chi connectivity index (χ0) is 19.3. The number of carbonyl (C=O) groups is 1. The summed E-state index contributed by atoms with van der Waals surface area (Å²) in [5.74, 6) is -0.0780. The summed E-state index contributed by atoms with van der Waals surface area (Å²) in [5.41, 5.74) is 4.42. The molecule has 138 valence electrons. The number of nitrogens with one attached hydrogen (secondary N) is 1. The molecule has 3 aromatic carbocycles. The lowest BCUT2D eigenvalue weighted by molar-refractivity contribution is 0.0956. The van der Waals surface area contributed by atoms with Gasteiger partial charge in [0.2, 0.25) is 0 Å². The number of carbonyl (C=O) groups excluding carboxylic acids is 1. The van der Waals surface area contributed by atoms with Crippen molar-refractivity contribution in [3.63, 3.8) is 0 Å². The van der Waals surface area contributed by atoms with E-state index in [0.29, 0.717) is 12.1 Å². The Labute approximate surface area is 172 Å². The predicted octanol–water partition coefficient (Wildman–Crippen LogP) is 5.64. The van der Waals surface area contributed by atoms with Gasteiger partial charge in [0.25, 0.3) is 5.91 Å². The van der Waals surface area contributed by atoms with Gasteiger partial charge in [-0.3, -0.25) is 4.79 Å². The maximum atomic E-state index is 13.0. The number of halogens is 1. The van der Waals surface area contributed by atoms with Crippen molar-refractivity contribution in [1.82, 2.24) is 10.3 Å². The third kappa shape index (κ3) is 4.12. The summed E-state index contributed by atoms with van der Waals surface area (Å²) in [4.78, 5) is 17.7. The molecule has 0 saturated carbocycles. The van der Waals surface area contributed by atoms with Gasteiger partial charge in [-0.15, -0.1) is 0 Å². The van der Waals surface area contributed by atoms with Crippen molar-refractivity contribution in [1.29, 1.82) is 0 Å². The van der Waals surface area contributed by atoms with E-state index in [1.807, 2.05) is 72.8 Å². The number of hydrogen-bond acceptors (Lipinski definition) is 2. The second kappa shape index (κ2) is 8.36. The second-order valence-corrected chi connectivity index (χ2v) is 7.49. The fraction of sp³-hybridized carbons (Fsp3) is 0.0833. The van der Waals surface area contributed by atoms with E-state index in [1.165, 1.54) is 5.56 Å². The van der Waals surface area contributed by atoms with Gasteiger partial charge in [-0.1, -0.05) is 76.6 Å². The van der Waals surface area contributed by atoms with Gasteiger partial charge in [-0.25, -0.2) is 4.98 Å². The lowest BCUT2D eigenvalue weighted by Crippen LogP contribution is -2.26. The largest absolute Gasteiger partial charge is 0.352 e. The van der Waals surface area contributed by atoms with E-state index in [0.717, 1.165) is 33.1 Å². The number of rotatable bonds is 5. The molecule has 3 nitrogen and oxygen atoms in total. The third-order valence-electron chi connectivity index (χ3n) is 4.62. The van der Waals surface area contributed by atoms with E-state index in [9.17, 15) is 4.79 Å². The van der Waals surface area contributed by atoms with Gasteiger partial charge in [0.1, 0.15) is 0 Å². The van der Waals surface area contributed by atoms with Crippen LogP contribution in [0.15, 0.2) is 89.4 Å². The fourth-order valence-corrected chi connectivity index (χ4v) is 3.62. The van der Waals surface area contributed by atoms with Crippen LogP contribution in [-0.2, 0) is 6.42 Å². The number of amides is 1. The molecule has 28 heavy (non-hydrogen) atoms. The molecule has 0 atom stereocenters. The molecule has 0 fully saturated rings. The summed E-state index contributed by atoms with van der Waals surface area (Å²) in [7, 11) is 0. The molecular weight excluding hydrogens is 412 g/mol. The van der Waals surface area contributed by atoms with E-state index >= 15 is 0 Å². The third-order valence-corrected chi connectivity index (χ3v) is 5.12. The van der Waals surface area contributed by atoms with Crippen molar-refractivity contribution in [3.05, 3.63) is 101 Å². The summed E-state index contributed by atoms with van der Waals surface area (Å²) in [6, 6.07) is 27.7. The van der Waals surface area contributed by atoms with Crippen LogP contribution in [0.4, 0.5) is 0 Å². The highest BCUT2D eigenvalue weighted by molar-refractivity contribution is 9.10. The van der Waals surface area contributed by atoms with Crippen LogP contribution in [0.3, 0.4) is 0 Å². The molecule has 0 bridgehead atoms. The molecular formula is C24H19BrN2O. The number of para-hydroxylation sites is 1. The van der Waals surface area contributed by atoms with Gasteiger partial charge < -0.3 is 5.32 Å². The highest BCUT2D eigenvalue weighted by atomic mass is 79.9. The van der Waals surface area contributed by atoms with Crippen LogP contribution in [-0.4, -0.2) is 17.4 Å². The highest BCUT2D eigenvalue weighted by Gasteiger charge is 2.13. The number of hydrogen-bond donors (Lipinski definition) is 1. The van der Waals surface area contributed by atoms with Gasteiger partial charge in [-0.2, -0.15) is 0 Å². The first-order valence-corrected chi connectivity index (χ1v) is 9.98. The summed E-state index contributed by atoms with van der Waals surface area (Å²) in [5, 5.41) is 3.91.